The van der Waals surface area contributed by atoms with Gasteiger partial charge in [0, 0.05) is 19.2 Å². The molecule has 0 fully saturated rings. The molecule has 0 saturated heterocycles. The molecule has 0 bridgehead atoms. The molecule has 0 radical (unpaired) electrons. The van der Waals surface area contributed by atoms with Crippen molar-refractivity contribution in [3.63, 3.8) is 0 Å². The zero-order valence-corrected chi connectivity index (χ0v) is 10.8. The van der Waals surface area contributed by atoms with Gasteiger partial charge < -0.3 is 15.0 Å². The van der Waals surface area contributed by atoms with Crippen LogP contribution in [0.4, 0.5) is 0 Å². The summed E-state index contributed by atoms with van der Waals surface area (Å²) in [5.41, 5.74) is 1.01. The van der Waals surface area contributed by atoms with Crippen LogP contribution >= 0.6 is 12.2 Å². The monoisotopic (exact) mass is 238 g/mol. The van der Waals surface area contributed by atoms with E-state index in [1.54, 1.807) is 0 Å². The molecule has 0 saturated carbocycles. The molecule has 0 amide bonds. The number of thiocarbonyl (C=S) groups is 1. The van der Waals surface area contributed by atoms with Crippen LogP contribution < -0.4 is 10.1 Å². The van der Waals surface area contributed by atoms with Gasteiger partial charge in [-0.15, -0.1) is 0 Å². The zero-order valence-electron chi connectivity index (χ0n) is 9.99. The van der Waals surface area contributed by atoms with Crippen molar-refractivity contribution in [2.24, 2.45) is 0 Å². The predicted octanol–water partition coefficient (Wildman–Crippen LogP) is 1.52. The van der Waals surface area contributed by atoms with E-state index in [0.717, 1.165) is 22.8 Å². The van der Waals surface area contributed by atoms with Crippen molar-refractivity contribution in [2.45, 2.75) is 0 Å². The summed E-state index contributed by atoms with van der Waals surface area (Å²) in [6.45, 7) is 1.61. The van der Waals surface area contributed by atoms with Gasteiger partial charge in [0.05, 0.1) is 0 Å². The van der Waals surface area contributed by atoms with Crippen molar-refractivity contribution >= 4 is 17.2 Å². The normalized spacial score (nSPS) is 10.2. The van der Waals surface area contributed by atoms with Crippen LogP contribution in [0, 0.1) is 0 Å². The Labute approximate surface area is 102 Å². The molecule has 1 N–H and O–H groups in total. The molecule has 3 nitrogen and oxygen atoms in total. The van der Waals surface area contributed by atoms with Crippen LogP contribution in [0.3, 0.4) is 0 Å². The van der Waals surface area contributed by atoms with E-state index < -0.39 is 0 Å². The third-order valence-electron chi connectivity index (χ3n) is 2.15. The lowest BCUT2D eigenvalue weighted by molar-refractivity contribution is 0.261. The molecule has 0 atom stereocenters. The maximum absolute atomic E-state index is 5.58. The van der Waals surface area contributed by atoms with Crippen molar-refractivity contribution in [3.05, 3.63) is 29.8 Å². The summed E-state index contributed by atoms with van der Waals surface area (Å²) in [4.78, 5) is 2.84. The average molecular weight is 238 g/mol. The third-order valence-corrected chi connectivity index (χ3v) is 2.59. The molecule has 0 aliphatic rings. The number of likely N-dealkylation sites (N-methyl/N-ethyl adjacent to an activating group) is 1. The van der Waals surface area contributed by atoms with Crippen LogP contribution in [-0.2, 0) is 0 Å². The molecule has 0 aromatic heterocycles. The highest BCUT2D eigenvalue weighted by Gasteiger charge is 1.99. The van der Waals surface area contributed by atoms with Gasteiger partial charge in [-0.05, 0) is 38.4 Å². The summed E-state index contributed by atoms with van der Waals surface area (Å²) >= 11 is 5.13. The van der Waals surface area contributed by atoms with Crippen LogP contribution in [0.25, 0.3) is 0 Å². The lowest BCUT2D eigenvalue weighted by Crippen LogP contribution is -2.19. The Balaban J connectivity index is 2.48. The van der Waals surface area contributed by atoms with Gasteiger partial charge in [-0.3, -0.25) is 0 Å². The Morgan fingerprint density at radius 3 is 2.44 bits per heavy atom. The molecule has 0 heterocycles. The molecular formula is C12H18N2OS. The summed E-state index contributed by atoms with van der Waals surface area (Å²) in [6.07, 6.45) is 0. The topological polar surface area (TPSA) is 24.5 Å². The Bertz CT molecular complexity index is 335. The molecule has 0 aliphatic carbocycles. The number of hydrogen-bond donors (Lipinski definition) is 1. The van der Waals surface area contributed by atoms with Gasteiger partial charge in [0.15, 0.2) is 0 Å². The van der Waals surface area contributed by atoms with Crippen molar-refractivity contribution < 1.29 is 4.74 Å². The van der Waals surface area contributed by atoms with Crippen LogP contribution in [0.1, 0.15) is 5.56 Å². The van der Waals surface area contributed by atoms with E-state index in [9.17, 15) is 0 Å². The Hall–Kier alpha value is -1.13. The molecule has 1 rings (SSSR count). The van der Waals surface area contributed by atoms with Gasteiger partial charge >= 0.3 is 0 Å². The minimum absolute atomic E-state index is 0.697. The highest BCUT2D eigenvalue weighted by atomic mass is 32.1. The van der Waals surface area contributed by atoms with Crippen molar-refractivity contribution in [1.29, 1.82) is 0 Å². The molecule has 1 aromatic rings. The van der Waals surface area contributed by atoms with E-state index in [4.69, 9.17) is 17.0 Å². The highest BCUT2D eigenvalue weighted by molar-refractivity contribution is 7.80. The maximum atomic E-state index is 5.58. The van der Waals surface area contributed by atoms with Crippen LogP contribution in [0.15, 0.2) is 24.3 Å². The predicted molar refractivity (Wildman–Crippen MR) is 71.3 cm³/mol. The smallest absolute Gasteiger partial charge is 0.119 e. The molecule has 0 aliphatic heterocycles. The SMILES string of the molecule is CNC(=S)c1ccc(OCCN(C)C)cc1. The first kappa shape index (κ1) is 12.9. The first-order valence-electron chi connectivity index (χ1n) is 5.23. The molecule has 1 aromatic carbocycles. The standard InChI is InChI=1S/C12H18N2OS/c1-13-12(16)10-4-6-11(7-5-10)15-9-8-14(2)3/h4-7H,8-9H2,1-3H3,(H,13,16). The van der Waals surface area contributed by atoms with E-state index in [2.05, 4.69) is 10.2 Å². The summed E-state index contributed by atoms with van der Waals surface area (Å²) in [5.74, 6) is 0.879. The lowest BCUT2D eigenvalue weighted by Gasteiger charge is -2.11. The zero-order chi connectivity index (χ0) is 12.0. The second kappa shape index (κ2) is 6.45. The maximum Gasteiger partial charge on any atom is 0.119 e. The summed E-state index contributed by atoms with van der Waals surface area (Å²) in [6, 6.07) is 7.80. The van der Waals surface area contributed by atoms with E-state index in [-0.39, 0.29) is 0 Å². The van der Waals surface area contributed by atoms with Gasteiger partial charge in [-0.2, -0.15) is 0 Å². The Morgan fingerprint density at radius 1 is 1.31 bits per heavy atom. The van der Waals surface area contributed by atoms with Gasteiger partial charge in [-0.25, -0.2) is 0 Å². The van der Waals surface area contributed by atoms with E-state index in [1.807, 2.05) is 45.4 Å². The van der Waals surface area contributed by atoms with Gasteiger partial charge in [0.1, 0.15) is 17.3 Å². The van der Waals surface area contributed by atoms with Crippen LogP contribution in [0.5, 0.6) is 5.75 Å². The Morgan fingerprint density at radius 2 is 1.94 bits per heavy atom. The van der Waals surface area contributed by atoms with Crippen molar-refractivity contribution in [3.8, 4) is 5.75 Å². The number of nitrogens with zero attached hydrogens (tertiary/aromatic N) is 1. The quantitative estimate of drug-likeness (QED) is 0.786. The molecule has 16 heavy (non-hydrogen) atoms. The number of nitrogens with one attached hydrogen (secondary N) is 1. The average Bonchev–Trinajstić information content (AvgIpc) is 2.28. The molecule has 0 unspecified atom stereocenters. The lowest BCUT2D eigenvalue weighted by atomic mass is 10.2. The molecular weight excluding hydrogens is 220 g/mol. The van der Waals surface area contributed by atoms with Crippen LogP contribution in [0.2, 0.25) is 0 Å². The van der Waals surface area contributed by atoms with Crippen molar-refractivity contribution in [1.82, 2.24) is 10.2 Å². The Kier molecular flexibility index (Phi) is 5.22. The van der Waals surface area contributed by atoms with Crippen molar-refractivity contribution in [2.75, 3.05) is 34.3 Å². The molecule has 4 heteroatoms. The first-order chi connectivity index (χ1) is 7.63. The second-order valence-electron chi connectivity index (χ2n) is 3.76. The minimum Gasteiger partial charge on any atom is -0.492 e. The fourth-order valence-electron chi connectivity index (χ4n) is 1.19. The summed E-state index contributed by atoms with van der Waals surface area (Å²) in [7, 11) is 5.87. The third kappa shape index (κ3) is 4.16. The van der Waals surface area contributed by atoms with Gasteiger partial charge in [0.25, 0.3) is 0 Å². The number of benzene rings is 1. The van der Waals surface area contributed by atoms with Gasteiger partial charge in [0.2, 0.25) is 0 Å². The number of hydrogen-bond acceptors (Lipinski definition) is 3. The summed E-state index contributed by atoms with van der Waals surface area (Å²) in [5, 5.41) is 2.94. The van der Waals surface area contributed by atoms with Gasteiger partial charge in [-0.1, -0.05) is 12.2 Å². The highest BCUT2D eigenvalue weighted by Crippen LogP contribution is 2.12. The number of ether oxygens (including phenoxy) is 1. The molecule has 0 spiro atoms. The largest absolute Gasteiger partial charge is 0.492 e. The second-order valence-corrected chi connectivity index (χ2v) is 4.16. The van der Waals surface area contributed by atoms with E-state index >= 15 is 0 Å². The summed E-state index contributed by atoms with van der Waals surface area (Å²) < 4.78 is 5.58. The fourth-order valence-corrected chi connectivity index (χ4v) is 1.33. The molecule has 88 valence electrons. The van der Waals surface area contributed by atoms with Crippen LogP contribution in [-0.4, -0.2) is 44.2 Å². The first-order valence-corrected chi connectivity index (χ1v) is 5.64. The number of rotatable bonds is 5. The van der Waals surface area contributed by atoms with E-state index in [0.29, 0.717) is 6.61 Å². The fraction of sp³-hybridized carbons (Fsp3) is 0.417. The minimum atomic E-state index is 0.697. The van der Waals surface area contributed by atoms with E-state index in [1.165, 1.54) is 0 Å².